The quantitative estimate of drug-likeness (QED) is 0.196. The molecule has 198 valence electrons. The molecular weight excluding hydrogens is 474 g/mol. The number of aromatic amines is 1. The predicted molar refractivity (Wildman–Crippen MR) is 152 cm³/mol. The van der Waals surface area contributed by atoms with E-state index in [1.54, 1.807) is 0 Å². The summed E-state index contributed by atoms with van der Waals surface area (Å²) in [6.07, 6.45) is 2.97. The van der Waals surface area contributed by atoms with Crippen molar-refractivity contribution in [2.75, 3.05) is 6.61 Å². The van der Waals surface area contributed by atoms with Crippen molar-refractivity contribution in [2.45, 2.75) is 59.8 Å². The molecule has 38 heavy (non-hydrogen) atoms. The minimum atomic E-state index is -0.831. The van der Waals surface area contributed by atoms with Crippen LogP contribution in [0.5, 0.6) is 5.75 Å². The van der Waals surface area contributed by atoms with Crippen LogP contribution in [0.2, 0.25) is 0 Å². The van der Waals surface area contributed by atoms with Gasteiger partial charge in [-0.25, -0.2) is 0 Å². The summed E-state index contributed by atoms with van der Waals surface area (Å²) in [5.74, 6) is 0.515. The lowest BCUT2D eigenvalue weighted by molar-refractivity contribution is -0.137. The first-order chi connectivity index (χ1) is 18.2. The van der Waals surface area contributed by atoms with Crippen LogP contribution in [0.3, 0.4) is 0 Å². The Balaban J connectivity index is 1.49. The van der Waals surface area contributed by atoms with Gasteiger partial charge in [0.2, 0.25) is 5.78 Å². The first kappa shape index (κ1) is 27.2. The van der Waals surface area contributed by atoms with E-state index in [2.05, 4.69) is 43.1 Å². The Kier molecular flexibility index (Phi) is 8.67. The summed E-state index contributed by atoms with van der Waals surface area (Å²) in [7, 11) is 0. The van der Waals surface area contributed by atoms with Gasteiger partial charge in [-0.2, -0.15) is 0 Å². The first-order valence-electron chi connectivity index (χ1n) is 13.4. The molecular formula is C33H37NO4. The summed E-state index contributed by atoms with van der Waals surface area (Å²) < 4.78 is 6.13. The molecule has 4 rings (SSSR count). The second kappa shape index (κ2) is 12.1. The lowest BCUT2D eigenvalue weighted by Gasteiger charge is -2.14. The number of carbonyl (C=O) groups excluding carboxylic acids is 1. The van der Waals surface area contributed by atoms with Crippen LogP contribution in [0.4, 0.5) is 0 Å². The van der Waals surface area contributed by atoms with E-state index in [0.29, 0.717) is 36.6 Å². The van der Waals surface area contributed by atoms with Gasteiger partial charge < -0.3 is 14.8 Å². The smallest absolute Gasteiger partial charge is 0.303 e. The Morgan fingerprint density at radius 1 is 0.895 bits per heavy atom. The summed E-state index contributed by atoms with van der Waals surface area (Å²) in [6, 6.07) is 20.3. The van der Waals surface area contributed by atoms with Crippen molar-refractivity contribution in [1.29, 1.82) is 0 Å². The number of carbonyl (C=O) groups is 2. The van der Waals surface area contributed by atoms with Gasteiger partial charge >= 0.3 is 5.97 Å². The van der Waals surface area contributed by atoms with Crippen LogP contribution < -0.4 is 4.74 Å². The molecule has 2 N–H and O–H groups in total. The van der Waals surface area contributed by atoms with E-state index >= 15 is 0 Å². The topological polar surface area (TPSA) is 79.4 Å². The van der Waals surface area contributed by atoms with Crippen molar-refractivity contribution in [3.05, 3.63) is 99.7 Å². The van der Waals surface area contributed by atoms with Crippen LogP contribution in [0.25, 0.3) is 10.9 Å². The largest absolute Gasteiger partial charge is 0.493 e. The van der Waals surface area contributed by atoms with E-state index in [4.69, 9.17) is 9.84 Å². The summed E-state index contributed by atoms with van der Waals surface area (Å²) >= 11 is 0. The van der Waals surface area contributed by atoms with Crippen LogP contribution in [0, 0.1) is 19.8 Å². The van der Waals surface area contributed by atoms with Gasteiger partial charge in [-0.05, 0) is 85.0 Å². The fourth-order valence-corrected chi connectivity index (χ4v) is 5.00. The Morgan fingerprint density at radius 3 is 2.32 bits per heavy atom. The van der Waals surface area contributed by atoms with Gasteiger partial charge in [0, 0.05) is 29.3 Å². The number of aryl methyl sites for hydroxylation is 1. The van der Waals surface area contributed by atoms with Crippen molar-refractivity contribution in [1.82, 2.24) is 4.98 Å². The third kappa shape index (κ3) is 6.34. The van der Waals surface area contributed by atoms with E-state index < -0.39 is 5.97 Å². The number of para-hydroxylation sites is 1. The second-order valence-corrected chi connectivity index (χ2v) is 10.5. The third-order valence-corrected chi connectivity index (χ3v) is 7.16. The summed E-state index contributed by atoms with van der Waals surface area (Å²) in [5, 5.41) is 10.0. The van der Waals surface area contributed by atoms with Crippen molar-refractivity contribution >= 4 is 22.7 Å². The number of ketones is 1. The van der Waals surface area contributed by atoms with Gasteiger partial charge in [0.05, 0.1) is 12.3 Å². The lowest BCUT2D eigenvalue weighted by Crippen LogP contribution is -2.10. The van der Waals surface area contributed by atoms with Crippen LogP contribution in [-0.4, -0.2) is 28.4 Å². The number of aromatic nitrogens is 1. The zero-order chi connectivity index (χ0) is 27.2. The lowest BCUT2D eigenvalue weighted by atomic mass is 9.94. The third-order valence-electron chi connectivity index (χ3n) is 7.16. The number of nitrogens with one attached hydrogen (secondary N) is 1. The van der Waals surface area contributed by atoms with E-state index in [1.807, 2.05) is 50.2 Å². The average molecular weight is 512 g/mol. The molecule has 0 bridgehead atoms. The Labute approximate surface area is 224 Å². The zero-order valence-corrected chi connectivity index (χ0v) is 22.8. The number of rotatable bonds is 12. The number of benzene rings is 3. The van der Waals surface area contributed by atoms with Crippen molar-refractivity contribution in [3.63, 3.8) is 0 Å². The molecule has 0 aliphatic rings. The van der Waals surface area contributed by atoms with Crippen molar-refractivity contribution in [2.24, 2.45) is 5.92 Å². The van der Waals surface area contributed by atoms with Gasteiger partial charge in [-0.15, -0.1) is 0 Å². The van der Waals surface area contributed by atoms with Crippen LogP contribution in [-0.2, 0) is 24.1 Å². The molecule has 5 nitrogen and oxygen atoms in total. The Hall–Kier alpha value is -3.86. The van der Waals surface area contributed by atoms with E-state index in [-0.39, 0.29) is 12.2 Å². The zero-order valence-electron chi connectivity index (χ0n) is 22.8. The molecule has 0 atom stereocenters. The van der Waals surface area contributed by atoms with Gasteiger partial charge in [0.25, 0.3) is 0 Å². The van der Waals surface area contributed by atoms with Gasteiger partial charge in [0.15, 0.2) is 0 Å². The average Bonchev–Trinajstić information content (AvgIpc) is 3.25. The molecule has 0 unspecified atom stereocenters. The minimum Gasteiger partial charge on any atom is -0.493 e. The number of aliphatic carboxylic acids is 1. The number of carboxylic acids is 1. The number of H-pyrrole nitrogens is 1. The molecule has 4 aromatic rings. The van der Waals surface area contributed by atoms with Gasteiger partial charge in [-0.1, -0.05) is 56.3 Å². The maximum absolute atomic E-state index is 13.7. The molecule has 0 aliphatic heterocycles. The summed E-state index contributed by atoms with van der Waals surface area (Å²) in [5.41, 5.74) is 7.36. The van der Waals surface area contributed by atoms with Crippen molar-refractivity contribution < 1.29 is 19.4 Å². The fraction of sp³-hybridized carbons (Fsp3) is 0.333. The molecule has 5 heteroatoms. The fourth-order valence-electron chi connectivity index (χ4n) is 5.00. The number of carboxylic acid groups (broad SMARTS) is 1. The molecule has 3 aromatic carbocycles. The normalized spacial score (nSPS) is 11.3. The number of hydrogen-bond donors (Lipinski definition) is 2. The molecule has 1 aromatic heterocycles. The minimum absolute atomic E-state index is 0.0688. The molecule has 0 saturated heterocycles. The Bertz CT molecular complexity index is 1430. The highest BCUT2D eigenvalue weighted by Crippen LogP contribution is 2.30. The second-order valence-electron chi connectivity index (χ2n) is 10.5. The van der Waals surface area contributed by atoms with Crippen LogP contribution in [0.1, 0.15) is 70.6 Å². The number of ether oxygens (including phenoxy) is 1. The maximum atomic E-state index is 13.7. The monoisotopic (exact) mass is 511 g/mol. The van der Waals surface area contributed by atoms with Crippen molar-refractivity contribution in [3.8, 4) is 5.75 Å². The molecule has 0 aliphatic carbocycles. The first-order valence-corrected chi connectivity index (χ1v) is 13.4. The van der Waals surface area contributed by atoms with Crippen LogP contribution >= 0.6 is 0 Å². The van der Waals surface area contributed by atoms with Gasteiger partial charge in [-0.3, -0.25) is 9.59 Å². The molecule has 0 radical (unpaired) electrons. The van der Waals surface area contributed by atoms with E-state index in [9.17, 15) is 9.59 Å². The molecule has 1 heterocycles. The molecule has 0 fully saturated rings. The summed E-state index contributed by atoms with van der Waals surface area (Å²) in [6.45, 7) is 8.96. The SMILES string of the molecule is Cc1c(OCCc2ccc(CC(C)C)cc2)ccc(C(=O)c2[nH]c3ccccc3c2CCCC(=O)O)c1C. The van der Waals surface area contributed by atoms with Crippen LogP contribution in [0.15, 0.2) is 60.7 Å². The molecule has 0 amide bonds. The predicted octanol–water partition coefficient (Wildman–Crippen LogP) is 7.24. The highest BCUT2D eigenvalue weighted by Gasteiger charge is 2.22. The number of fused-ring (bicyclic) bond motifs is 1. The Morgan fingerprint density at radius 2 is 1.61 bits per heavy atom. The standard InChI is InChI=1S/C33H37NO4/c1-21(2)20-25-14-12-24(13-15-25)18-19-38-30-17-16-26(22(3)23(30)4)33(37)32-28(9-7-11-31(35)36)27-8-5-6-10-29(27)34-32/h5-6,8,10,12-17,21,34H,7,9,11,18-20H2,1-4H3,(H,35,36). The van der Waals surface area contributed by atoms with E-state index in [0.717, 1.165) is 46.2 Å². The molecule has 0 spiro atoms. The highest BCUT2D eigenvalue weighted by molar-refractivity contribution is 6.12. The summed E-state index contributed by atoms with van der Waals surface area (Å²) in [4.78, 5) is 28.1. The highest BCUT2D eigenvalue weighted by atomic mass is 16.5. The molecule has 0 saturated carbocycles. The maximum Gasteiger partial charge on any atom is 0.303 e. The van der Waals surface area contributed by atoms with Gasteiger partial charge in [0.1, 0.15) is 5.75 Å². The van der Waals surface area contributed by atoms with E-state index in [1.165, 1.54) is 11.1 Å². The number of hydrogen-bond acceptors (Lipinski definition) is 3.